The molecule has 2 N–H and O–H groups in total. The Morgan fingerprint density at radius 2 is 1.62 bits per heavy atom. The second-order valence-corrected chi connectivity index (χ2v) is 6.67. The molecule has 29 heavy (non-hydrogen) atoms. The maximum absolute atomic E-state index is 12.4. The summed E-state index contributed by atoms with van der Waals surface area (Å²) in [4.78, 5) is 36.8. The summed E-state index contributed by atoms with van der Waals surface area (Å²) in [6.45, 7) is 5.56. The monoisotopic (exact) mass is 398 g/mol. The van der Waals surface area contributed by atoms with Crippen LogP contribution >= 0.6 is 0 Å². The van der Waals surface area contributed by atoms with Crippen molar-refractivity contribution in [3.05, 3.63) is 60.2 Å². The molecule has 0 aliphatic carbocycles. The molecule has 0 heterocycles. The number of ketones is 1. The summed E-state index contributed by atoms with van der Waals surface area (Å²) < 4.78 is 10.5. The van der Waals surface area contributed by atoms with E-state index in [0.29, 0.717) is 23.6 Å². The molecule has 2 aromatic rings. The lowest BCUT2D eigenvalue weighted by molar-refractivity contribution is -0.145. The predicted molar refractivity (Wildman–Crippen MR) is 110 cm³/mol. The van der Waals surface area contributed by atoms with Gasteiger partial charge in [-0.2, -0.15) is 0 Å². The van der Waals surface area contributed by atoms with Crippen molar-refractivity contribution < 1.29 is 23.9 Å². The Kier molecular flexibility index (Phi) is 8.21. The van der Waals surface area contributed by atoms with Crippen LogP contribution in [0, 0.1) is 5.92 Å². The van der Waals surface area contributed by atoms with E-state index in [9.17, 15) is 14.4 Å². The topological polar surface area (TPSA) is 93.7 Å². The molecule has 2 amide bonds. The van der Waals surface area contributed by atoms with E-state index in [1.165, 1.54) is 0 Å². The highest BCUT2D eigenvalue weighted by Crippen LogP contribution is 2.13. The van der Waals surface area contributed by atoms with Crippen LogP contribution in [0.1, 0.15) is 31.1 Å². The summed E-state index contributed by atoms with van der Waals surface area (Å²) in [6, 6.07) is 14.1. The van der Waals surface area contributed by atoms with Crippen molar-refractivity contribution in [3.8, 4) is 5.75 Å². The second-order valence-electron chi connectivity index (χ2n) is 6.67. The molecule has 1 atom stereocenters. The average Bonchev–Trinajstić information content (AvgIpc) is 2.71. The minimum absolute atomic E-state index is 0.218. The Labute approximate surface area is 170 Å². The van der Waals surface area contributed by atoms with Crippen molar-refractivity contribution in [1.82, 2.24) is 5.32 Å². The van der Waals surface area contributed by atoms with Gasteiger partial charge in [0, 0.05) is 11.3 Å². The number of hydrogen-bond acceptors (Lipinski definition) is 5. The maximum atomic E-state index is 12.4. The molecule has 7 heteroatoms. The van der Waals surface area contributed by atoms with Gasteiger partial charge in [-0.25, -0.2) is 9.59 Å². The molecule has 0 bridgehead atoms. The summed E-state index contributed by atoms with van der Waals surface area (Å²) in [5.41, 5.74) is 1.02. The summed E-state index contributed by atoms with van der Waals surface area (Å²) in [5.74, 6) is -0.556. The highest BCUT2D eigenvalue weighted by Gasteiger charge is 2.26. The smallest absolute Gasteiger partial charge is 0.329 e. The zero-order valence-electron chi connectivity index (χ0n) is 16.8. The van der Waals surface area contributed by atoms with Crippen molar-refractivity contribution in [3.63, 3.8) is 0 Å². The molecule has 7 nitrogen and oxygen atoms in total. The molecule has 0 saturated heterocycles. The molecule has 0 fully saturated rings. The van der Waals surface area contributed by atoms with E-state index >= 15 is 0 Å². The Morgan fingerprint density at radius 1 is 0.966 bits per heavy atom. The number of ether oxygens (including phenoxy) is 2. The van der Waals surface area contributed by atoms with Crippen LogP contribution in [-0.4, -0.2) is 37.0 Å². The van der Waals surface area contributed by atoms with Gasteiger partial charge < -0.3 is 20.1 Å². The number of benzene rings is 2. The third-order valence-electron chi connectivity index (χ3n) is 4.07. The summed E-state index contributed by atoms with van der Waals surface area (Å²) in [7, 11) is 0. The number of para-hydroxylation sites is 1. The molecule has 0 saturated carbocycles. The summed E-state index contributed by atoms with van der Waals surface area (Å²) >= 11 is 0. The predicted octanol–water partition coefficient (Wildman–Crippen LogP) is 3.66. The van der Waals surface area contributed by atoms with Crippen LogP contribution in [0.25, 0.3) is 0 Å². The molecular formula is C22H26N2O5. The first kappa shape index (κ1) is 21.9. The van der Waals surface area contributed by atoms with Gasteiger partial charge in [0.15, 0.2) is 12.4 Å². The van der Waals surface area contributed by atoms with Crippen LogP contribution in [0.3, 0.4) is 0 Å². The number of esters is 1. The van der Waals surface area contributed by atoms with E-state index in [-0.39, 0.29) is 11.7 Å². The Bertz CT molecular complexity index is 819. The first-order chi connectivity index (χ1) is 13.9. The molecule has 154 valence electrons. The molecule has 0 unspecified atom stereocenters. The minimum atomic E-state index is -0.883. The minimum Gasteiger partial charge on any atom is -0.494 e. The van der Waals surface area contributed by atoms with Crippen molar-refractivity contribution in [1.29, 1.82) is 0 Å². The van der Waals surface area contributed by atoms with Crippen LogP contribution in [-0.2, 0) is 9.53 Å². The lowest BCUT2D eigenvalue weighted by Gasteiger charge is -2.21. The van der Waals surface area contributed by atoms with Crippen molar-refractivity contribution in [2.24, 2.45) is 5.92 Å². The van der Waals surface area contributed by atoms with Gasteiger partial charge in [0.25, 0.3) is 0 Å². The van der Waals surface area contributed by atoms with E-state index in [2.05, 4.69) is 10.6 Å². The third kappa shape index (κ3) is 6.95. The van der Waals surface area contributed by atoms with E-state index in [4.69, 9.17) is 9.47 Å². The largest absolute Gasteiger partial charge is 0.494 e. The first-order valence-corrected chi connectivity index (χ1v) is 9.46. The molecule has 2 aromatic carbocycles. The fourth-order valence-corrected chi connectivity index (χ4v) is 2.54. The van der Waals surface area contributed by atoms with E-state index in [1.54, 1.807) is 62.4 Å². The number of Topliss-reactive ketones (excluding diaryl/α,β-unsaturated/α-hetero) is 1. The molecule has 0 aliphatic rings. The molecule has 0 aliphatic heterocycles. The molecule has 0 radical (unpaired) electrons. The van der Waals surface area contributed by atoms with E-state index in [1.807, 2.05) is 13.0 Å². The molecule has 2 rings (SSSR count). The number of anilines is 1. The normalized spacial score (nSPS) is 11.4. The van der Waals surface area contributed by atoms with E-state index in [0.717, 1.165) is 0 Å². The zero-order valence-corrected chi connectivity index (χ0v) is 16.8. The molecule has 0 aromatic heterocycles. The zero-order chi connectivity index (χ0) is 21.2. The highest BCUT2D eigenvalue weighted by atomic mass is 16.5. The van der Waals surface area contributed by atoms with Crippen molar-refractivity contribution >= 4 is 23.5 Å². The van der Waals surface area contributed by atoms with E-state index < -0.39 is 24.6 Å². The fraction of sp³-hybridized carbons (Fsp3) is 0.318. The molecule has 0 spiro atoms. The van der Waals surface area contributed by atoms with Crippen LogP contribution < -0.4 is 15.4 Å². The van der Waals surface area contributed by atoms with Crippen molar-refractivity contribution in [2.75, 3.05) is 18.5 Å². The van der Waals surface area contributed by atoms with Gasteiger partial charge in [-0.05, 0) is 49.2 Å². The van der Waals surface area contributed by atoms with Gasteiger partial charge in [-0.1, -0.05) is 32.0 Å². The van der Waals surface area contributed by atoms with Gasteiger partial charge in [0.2, 0.25) is 0 Å². The van der Waals surface area contributed by atoms with Crippen LogP contribution in [0.4, 0.5) is 10.5 Å². The first-order valence-electron chi connectivity index (χ1n) is 9.46. The number of rotatable bonds is 9. The number of carbonyl (C=O) groups excluding carboxylic acids is 3. The standard InChI is InChI=1S/C22H26N2O5/c1-4-28-18-12-10-16(11-13-18)19(25)14-29-21(26)20(15(2)3)24-22(27)23-17-8-6-5-7-9-17/h5-13,15,20H,4,14H2,1-3H3,(H2,23,24,27)/t20-/m0/s1. The number of hydrogen-bond donors (Lipinski definition) is 2. The second kappa shape index (κ2) is 10.8. The van der Waals surface area contributed by atoms with Gasteiger partial charge >= 0.3 is 12.0 Å². The highest BCUT2D eigenvalue weighted by molar-refractivity contribution is 5.98. The number of carbonyl (C=O) groups is 3. The van der Waals surface area contributed by atoms with Crippen LogP contribution in [0.15, 0.2) is 54.6 Å². The third-order valence-corrected chi connectivity index (χ3v) is 4.07. The Balaban J connectivity index is 1.89. The molecular weight excluding hydrogens is 372 g/mol. The summed E-state index contributed by atoms with van der Waals surface area (Å²) in [5, 5.41) is 5.25. The Hall–Kier alpha value is -3.35. The SMILES string of the molecule is CCOc1ccc(C(=O)COC(=O)[C@@H](NC(=O)Nc2ccccc2)C(C)C)cc1. The maximum Gasteiger partial charge on any atom is 0.329 e. The number of urea groups is 1. The fourth-order valence-electron chi connectivity index (χ4n) is 2.54. The summed E-state index contributed by atoms with van der Waals surface area (Å²) in [6.07, 6.45) is 0. The Morgan fingerprint density at radius 3 is 2.21 bits per heavy atom. The van der Waals surface area contributed by atoms with Crippen LogP contribution in [0.2, 0.25) is 0 Å². The lowest BCUT2D eigenvalue weighted by atomic mass is 10.0. The van der Waals surface area contributed by atoms with Crippen LogP contribution in [0.5, 0.6) is 5.75 Å². The van der Waals surface area contributed by atoms with Gasteiger partial charge in [0.05, 0.1) is 6.61 Å². The quantitative estimate of drug-likeness (QED) is 0.497. The number of amides is 2. The van der Waals surface area contributed by atoms with Gasteiger partial charge in [0.1, 0.15) is 11.8 Å². The van der Waals surface area contributed by atoms with Gasteiger partial charge in [-0.15, -0.1) is 0 Å². The number of nitrogens with one attached hydrogen (secondary N) is 2. The average molecular weight is 398 g/mol. The van der Waals surface area contributed by atoms with Crippen molar-refractivity contribution in [2.45, 2.75) is 26.8 Å². The lowest BCUT2D eigenvalue weighted by Crippen LogP contribution is -2.47. The van der Waals surface area contributed by atoms with Gasteiger partial charge in [-0.3, -0.25) is 4.79 Å².